The maximum absolute atomic E-state index is 6.64. The van der Waals surface area contributed by atoms with Crippen LogP contribution in [0.1, 0.15) is 6.92 Å². The lowest BCUT2D eigenvalue weighted by Gasteiger charge is -2.26. The van der Waals surface area contributed by atoms with Gasteiger partial charge < -0.3 is 13.7 Å². The summed E-state index contributed by atoms with van der Waals surface area (Å²) in [6, 6.07) is 48.6. The lowest BCUT2D eigenvalue weighted by atomic mass is 10.0. The Kier molecular flexibility index (Phi) is 5.64. The molecule has 48 heavy (non-hydrogen) atoms. The first-order valence-electron chi connectivity index (χ1n) is 16.4. The van der Waals surface area contributed by atoms with Gasteiger partial charge in [0.25, 0.3) is 0 Å². The van der Waals surface area contributed by atoms with Crippen LogP contribution in [0.25, 0.3) is 82.8 Å². The van der Waals surface area contributed by atoms with Crippen molar-refractivity contribution >= 4 is 99.8 Å². The topological polar surface area (TPSA) is 20.8 Å². The van der Waals surface area contributed by atoms with Crippen LogP contribution in [0.2, 0.25) is 0 Å². The number of para-hydroxylation sites is 2. The molecule has 0 amide bonds. The van der Waals surface area contributed by atoms with Gasteiger partial charge in [0.15, 0.2) is 5.58 Å². The van der Waals surface area contributed by atoms with Gasteiger partial charge in [0, 0.05) is 43.5 Å². The van der Waals surface area contributed by atoms with Gasteiger partial charge in [0.05, 0.1) is 22.2 Å². The smallest absolute Gasteiger partial charge is 0.159 e. The standard InChI is InChI=1S/C45H30N2O/c1-3-13-43-34(4-2)35-20-12-21-40(45(35)48-43)46(32-18-6-5-7-19-32)33-26-38-36-22-28-14-8-10-16-30(28)24-41(36)47-42-25-31-17-11-9-15-29(31)23-37(42)39(27-33)44(38)47/h3-27H,1H2,2H3/b34-4-,43-13+. The first kappa shape index (κ1) is 26.9. The summed E-state index contributed by atoms with van der Waals surface area (Å²) in [5.41, 5.74) is 8.50. The fourth-order valence-corrected chi connectivity index (χ4v) is 7.88. The number of allylic oxidation sites excluding steroid dienone is 1. The quantitative estimate of drug-likeness (QED) is 0.197. The minimum atomic E-state index is 0.813. The van der Waals surface area contributed by atoms with E-state index in [9.17, 15) is 0 Å². The molecule has 0 saturated carbocycles. The predicted molar refractivity (Wildman–Crippen MR) is 205 cm³/mol. The number of hydrogen-bond donors (Lipinski definition) is 0. The number of hydrogen-bond acceptors (Lipinski definition) is 2. The summed E-state index contributed by atoms with van der Waals surface area (Å²) >= 11 is 0. The van der Waals surface area contributed by atoms with E-state index in [0.717, 1.165) is 38.7 Å². The molecular weight excluding hydrogens is 585 g/mol. The molecule has 7 aromatic carbocycles. The molecule has 0 aliphatic carbocycles. The van der Waals surface area contributed by atoms with Crippen LogP contribution in [-0.4, -0.2) is 4.40 Å². The third-order valence-corrected chi connectivity index (χ3v) is 9.94. The second kappa shape index (κ2) is 10.1. The third-order valence-electron chi connectivity index (χ3n) is 9.94. The number of benzene rings is 7. The fraction of sp³-hybridized carbons (Fsp3) is 0.0222. The van der Waals surface area contributed by atoms with E-state index in [4.69, 9.17) is 4.42 Å². The number of furan rings is 1. The zero-order chi connectivity index (χ0) is 31.9. The highest BCUT2D eigenvalue weighted by atomic mass is 16.3. The normalized spacial score (nSPS) is 13.0. The molecule has 3 heterocycles. The van der Waals surface area contributed by atoms with Crippen LogP contribution in [0, 0.1) is 0 Å². The van der Waals surface area contributed by atoms with Crippen LogP contribution in [-0.2, 0) is 0 Å². The Morgan fingerprint density at radius 1 is 0.583 bits per heavy atom. The highest BCUT2D eigenvalue weighted by Gasteiger charge is 2.24. The molecule has 10 rings (SSSR count). The molecule has 226 valence electrons. The number of anilines is 3. The lowest BCUT2D eigenvalue weighted by Crippen LogP contribution is -2.18. The number of aromatic nitrogens is 1. The van der Waals surface area contributed by atoms with Gasteiger partial charge in [-0.1, -0.05) is 97.6 Å². The van der Waals surface area contributed by atoms with E-state index < -0.39 is 0 Å². The van der Waals surface area contributed by atoms with E-state index >= 15 is 0 Å². The van der Waals surface area contributed by atoms with Crippen LogP contribution < -0.4 is 15.5 Å². The van der Waals surface area contributed by atoms with Crippen LogP contribution in [0.3, 0.4) is 0 Å². The summed E-state index contributed by atoms with van der Waals surface area (Å²) in [4.78, 5) is 2.35. The van der Waals surface area contributed by atoms with Crippen LogP contribution in [0.5, 0.6) is 0 Å². The molecule has 0 bridgehead atoms. The molecule has 0 fully saturated rings. The van der Waals surface area contributed by atoms with E-state index in [-0.39, 0.29) is 0 Å². The number of rotatable bonds is 4. The highest BCUT2D eigenvalue weighted by Crippen LogP contribution is 2.46. The van der Waals surface area contributed by atoms with Gasteiger partial charge in [-0.2, -0.15) is 0 Å². The Morgan fingerprint density at radius 3 is 1.75 bits per heavy atom. The second-order valence-electron chi connectivity index (χ2n) is 12.6. The summed E-state index contributed by atoms with van der Waals surface area (Å²) in [5.74, 6) is 0. The fourth-order valence-electron chi connectivity index (χ4n) is 7.88. The van der Waals surface area contributed by atoms with E-state index in [1.165, 1.54) is 59.6 Å². The monoisotopic (exact) mass is 614 g/mol. The van der Waals surface area contributed by atoms with Gasteiger partial charge in [0.2, 0.25) is 0 Å². The maximum Gasteiger partial charge on any atom is 0.159 e. The van der Waals surface area contributed by atoms with Crippen molar-refractivity contribution in [2.75, 3.05) is 4.90 Å². The van der Waals surface area contributed by atoms with Gasteiger partial charge in [-0.25, -0.2) is 0 Å². The molecule has 0 saturated heterocycles. The van der Waals surface area contributed by atoms with Crippen molar-refractivity contribution in [1.29, 1.82) is 0 Å². The summed E-state index contributed by atoms with van der Waals surface area (Å²) < 4.78 is 9.13. The van der Waals surface area contributed by atoms with Gasteiger partial charge in [-0.3, -0.25) is 0 Å². The average Bonchev–Trinajstić information content (AvgIpc) is 3.76. The highest BCUT2D eigenvalue weighted by molar-refractivity contribution is 6.27. The van der Waals surface area contributed by atoms with Gasteiger partial charge in [-0.05, 0) is 89.1 Å². The Labute approximate surface area is 276 Å². The first-order valence-corrected chi connectivity index (χ1v) is 16.4. The Bertz CT molecular complexity index is 2910. The van der Waals surface area contributed by atoms with Crippen molar-refractivity contribution in [3.05, 3.63) is 157 Å². The first-order chi connectivity index (χ1) is 23.7. The van der Waals surface area contributed by atoms with Crippen molar-refractivity contribution < 1.29 is 4.42 Å². The van der Waals surface area contributed by atoms with Gasteiger partial charge >= 0.3 is 0 Å². The SMILES string of the molecule is C=C/C=c1/oc2c(N(c3ccccc3)c3cc4c5cc6ccccc6cc5n5c6cc7ccccc7cc6c(c3)c45)cccc2/c1=C/C. The minimum Gasteiger partial charge on any atom is -0.454 e. The molecule has 0 atom stereocenters. The van der Waals surface area contributed by atoms with Gasteiger partial charge in [-0.15, -0.1) is 0 Å². The van der Waals surface area contributed by atoms with Crippen molar-refractivity contribution in [2.24, 2.45) is 0 Å². The van der Waals surface area contributed by atoms with Crippen LogP contribution >= 0.6 is 0 Å². The zero-order valence-electron chi connectivity index (χ0n) is 26.4. The second-order valence-corrected chi connectivity index (χ2v) is 12.6. The molecule has 3 heteroatoms. The van der Waals surface area contributed by atoms with Gasteiger partial charge in [0.1, 0.15) is 5.42 Å². The van der Waals surface area contributed by atoms with E-state index in [1.807, 2.05) is 6.08 Å². The molecular formula is C45H30N2O. The molecule has 0 radical (unpaired) electrons. The molecule has 0 N–H and O–H groups in total. The zero-order valence-corrected chi connectivity index (χ0v) is 26.4. The van der Waals surface area contributed by atoms with Crippen molar-refractivity contribution in [1.82, 2.24) is 4.40 Å². The molecule has 0 unspecified atom stereocenters. The minimum absolute atomic E-state index is 0.813. The van der Waals surface area contributed by atoms with Crippen molar-refractivity contribution in [3.8, 4) is 0 Å². The Balaban J connectivity index is 1.38. The average molecular weight is 615 g/mol. The third kappa shape index (κ3) is 3.70. The van der Waals surface area contributed by atoms with Crippen molar-refractivity contribution in [2.45, 2.75) is 6.92 Å². The summed E-state index contributed by atoms with van der Waals surface area (Å²) in [7, 11) is 0. The molecule has 3 aromatic heterocycles. The number of fused-ring (bicyclic) bond motifs is 9. The van der Waals surface area contributed by atoms with Crippen LogP contribution in [0.4, 0.5) is 17.1 Å². The van der Waals surface area contributed by atoms with Crippen LogP contribution in [0.15, 0.2) is 151 Å². The predicted octanol–water partition coefficient (Wildman–Crippen LogP) is 11.1. The van der Waals surface area contributed by atoms with E-state index in [2.05, 4.69) is 162 Å². The molecule has 0 aliphatic rings. The van der Waals surface area contributed by atoms with E-state index in [0.29, 0.717) is 0 Å². The lowest BCUT2D eigenvalue weighted by molar-refractivity contribution is 0.576. The molecule has 0 spiro atoms. The number of nitrogens with zero attached hydrogens (tertiary/aromatic N) is 2. The molecule has 3 nitrogen and oxygen atoms in total. The molecule has 0 aliphatic heterocycles. The summed E-state index contributed by atoms with van der Waals surface area (Å²) in [6.45, 7) is 6.00. The molecule has 10 aromatic rings. The maximum atomic E-state index is 6.64. The largest absolute Gasteiger partial charge is 0.454 e. The summed E-state index contributed by atoms with van der Waals surface area (Å²) in [6.07, 6.45) is 5.85. The Hall–Kier alpha value is -6.32. The van der Waals surface area contributed by atoms with E-state index in [1.54, 1.807) is 6.08 Å². The summed E-state index contributed by atoms with van der Waals surface area (Å²) in [5, 5.41) is 12.1. The Morgan fingerprint density at radius 2 is 1.17 bits per heavy atom. The van der Waals surface area contributed by atoms with Crippen molar-refractivity contribution in [3.63, 3.8) is 0 Å².